The van der Waals surface area contributed by atoms with Gasteiger partial charge in [-0.15, -0.1) is 0 Å². The highest BCUT2D eigenvalue weighted by Crippen LogP contribution is 2.25. The van der Waals surface area contributed by atoms with E-state index in [0.29, 0.717) is 35.2 Å². The van der Waals surface area contributed by atoms with Gasteiger partial charge in [-0.2, -0.15) is 17.0 Å². The van der Waals surface area contributed by atoms with Crippen LogP contribution in [0.15, 0.2) is 42.5 Å². The fraction of sp³-hybridized carbons (Fsp3) is 0.316. The van der Waals surface area contributed by atoms with E-state index >= 15 is 0 Å². The van der Waals surface area contributed by atoms with E-state index in [2.05, 4.69) is 5.32 Å². The first-order valence-electron chi connectivity index (χ1n) is 8.82. The molecule has 0 bridgehead atoms. The summed E-state index contributed by atoms with van der Waals surface area (Å²) in [6.45, 7) is 2.39. The van der Waals surface area contributed by atoms with Gasteiger partial charge in [0.25, 0.3) is 10.2 Å². The number of nitrogens with zero attached hydrogens (tertiary/aromatic N) is 2. The molecular formula is C19H21Cl2N3O3S. The van der Waals surface area contributed by atoms with Gasteiger partial charge in [0.2, 0.25) is 5.91 Å². The zero-order valence-corrected chi connectivity index (χ0v) is 17.7. The second-order valence-corrected chi connectivity index (χ2v) is 9.32. The van der Waals surface area contributed by atoms with Crippen LogP contribution in [0, 0.1) is 6.92 Å². The monoisotopic (exact) mass is 441 g/mol. The molecule has 1 aliphatic rings. The van der Waals surface area contributed by atoms with Crippen molar-refractivity contribution in [3.8, 4) is 0 Å². The summed E-state index contributed by atoms with van der Waals surface area (Å²) in [5.74, 6) is -0.409. The molecule has 1 aliphatic heterocycles. The van der Waals surface area contributed by atoms with Crippen LogP contribution in [0.5, 0.6) is 0 Å². The Hall–Kier alpha value is -1.64. The molecule has 28 heavy (non-hydrogen) atoms. The number of halogens is 2. The van der Waals surface area contributed by atoms with Gasteiger partial charge in [0, 0.05) is 35.4 Å². The highest BCUT2D eigenvalue weighted by molar-refractivity contribution is 7.86. The van der Waals surface area contributed by atoms with Crippen LogP contribution in [-0.4, -0.2) is 42.6 Å². The second-order valence-electron chi connectivity index (χ2n) is 6.58. The minimum Gasteiger partial charge on any atom is -0.325 e. The Bertz CT molecular complexity index is 982. The largest absolute Gasteiger partial charge is 0.325 e. The van der Waals surface area contributed by atoms with Crippen LogP contribution in [0.1, 0.15) is 17.5 Å². The average molecular weight is 442 g/mol. The molecule has 0 atom stereocenters. The van der Waals surface area contributed by atoms with Crippen molar-refractivity contribution in [3.05, 3.63) is 63.6 Å². The summed E-state index contributed by atoms with van der Waals surface area (Å²) in [7, 11) is -3.76. The van der Waals surface area contributed by atoms with Crippen molar-refractivity contribution in [1.82, 2.24) is 8.61 Å². The Labute approximate surface area is 175 Å². The number of carbonyl (C=O) groups is 1. The van der Waals surface area contributed by atoms with Gasteiger partial charge >= 0.3 is 0 Å². The lowest BCUT2D eigenvalue weighted by Crippen LogP contribution is -2.51. The zero-order chi connectivity index (χ0) is 20.3. The molecule has 1 fully saturated rings. The lowest BCUT2D eigenvalue weighted by atomic mass is 10.2. The van der Waals surface area contributed by atoms with E-state index in [-0.39, 0.29) is 13.1 Å². The number of rotatable bonds is 5. The minimum atomic E-state index is -3.76. The fourth-order valence-electron chi connectivity index (χ4n) is 3.05. The predicted octanol–water partition coefficient (Wildman–Crippen LogP) is 3.69. The van der Waals surface area contributed by atoms with Crippen molar-refractivity contribution in [3.63, 3.8) is 0 Å². The quantitative estimate of drug-likeness (QED) is 0.768. The Balaban J connectivity index is 1.70. The van der Waals surface area contributed by atoms with Crippen molar-refractivity contribution in [2.45, 2.75) is 19.9 Å². The van der Waals surface area contributed by atoms with Crippen LogP contribution in [0.2, 0.25) is 10.0 Å². The molecule has 3 rings (SSSR count). The molecule has 1 saturated heterocycles. The number of hydrogen-bond acceptors (Lipinski definition) is 3. The molecule has 1 N–H and O–H groups in total. The van der Waals surface area contributed by atoms with E-state index in [0.717, 1.165) is 11.1 Å². The summed E-state index contributed by atoms with van der Waals surface area (Å²) in [6, 6.07) is 12.3. The first-order valence-corrected chi connectivity index (χ1v) is 11.0. The minimum absolute atomic E-state index is 0.174. The summed E-state index contributed by atoms with van der Waals surface area (Å²) in [5, 5.41) is 3.79. The summed E-state index contributed by atoms with van der Waals surface area (Å²) in [4.78, 5) is 12.5. The maximum absolute atomic E-state index is 12.9. The van der Waals surface area contributed by atoms with Gasteiger partial charge in [0.1, 0.15) is 0 Å². The van der Waals surface area contributed by atoms with Crippen LogP contribution in [0.4, 0.5) is 5.69 Å². The first-order chi connectivity index (χ1) is 13.3. The van der Waals surface area contributed by atoms with Gasteiger partial charge in [-0.25, -0.2) is 0 Å². The first kappa shape index (κ1) is 21.1. The highest BCUT2D eigenvalue weighted by atomic mass is 35.5. The van der Waals surface area contributed by atoms with Gasteiger partial charge < -0.3 is 5.32 Å². The fourth-order valence-corrected chi connectivity index (χ4v) is 5.05. The molecule has 0 aromatic heterocycles. The number of benzene rings is 2. The SMILES string of the molecule is Cc1c(Cl)cccc1NC(=O)CN1CCCN(Cc2ccccc2Cl)S1(=O)=O. The van der Waals surface area contributed by atoms with E-state index in [4.69, 9.17) is 23.2 Å². The Kier molecular flexibility index (Phi) is 6.62. The topological polar surface area (TPSA) is 69.7 Å². The Morgan fingerprint density at radius 2 is 1.71 bits per heavy atom. The molecule has 0 radical (unpaired) electrons. The molecule has 2 aromatic rings. The van der Waals surface area contributed by atoms with Crippen molar-refractivity contribution in [2.24, 2.45) is 0 Å². The lowest BCUT2D eigenvalue weighted by Gasteiger charge is -2.34. The Morgan fingerprint density at radius 1 is 1.04 bits per heavy atom. The maximum atomic E-state index is 12.9. The number of amides is 1. The number of anilines is 1. The second kappa shape index (κ2) is 8.80. The van der Waals surface area contributed by atoms with Crippen molar-refractivity contribution >= 4 is 45.0 Å². The zero-order valence-electron chi connectivity index (χ0n) is 15.4. The number of hydrogen-bond donors (Lipinski definition) is 1. The van der Waals surface area contributed by atoms with Gasteiger partial charge in [0.15, 0.2) is 0 Å². The lowest BCUT2D eigenvalue weighted by molar-refractivity contribution is -0.116. The van der Waals surface area contributed by atoms with Crippen LogP contribution in [-0.2, 0) is 21.5 Å². The summed E-state index contributed by atoms with van der Waals surface area (Å²) in [5.41, 5.74) is 2.03. The molecule has 150 valence electrons. The van der Waals surface area contributed by atoms with Gasteiger partial charge in [-0.05, 0) is 42.7 Å². The standard InChI is InChI=1S/C19H21Cl2N3O3S/c1-14-16(20)8-4-9-18(14)22-19(25)13-24-11-5-10-23(28(24,26)27)12-15-6-2-3-7-17(15)21/h2-4,6-9H,5,10-13H2,1H3,(H,22,25). The predicted molar refractivity (Wildman–Crippen MR) is 112 cm³/mol. The van der Waals surface area contributed by atoms with E-state index in [9.17, 15) is 13.2 Å². The van der Waals surface area contributed by atoms with E-state index in [1.807, 2.05) is 6.07 Å². The maximum Gasteiger partial charge on any atom is 0.282 e. The van der Waals surface area contributed by atoms with Crippen LogP contribution >= 0.6 is 23.2 Å². The smallest absolute Gasteiger partial charge is 0.282 e. The third-order valence-electron chi connectivity index (χ3n) is 4.63. The highest BCUT2D eigenvalue weighted by Gasteiger charge is 2.35. The third-order valence-corrected chi connectivity index (χ3v) is 7.34. The van der Waals surface area contributed by atoms with Gasteiger partial charge in [-0.3, -0.25) is 4.79 Å². The normalized spacial score (nSPS) is 17.4. The molecule has 6 nitrogen and oxygen atoms in total. The molecule has 9 heteroatoms. The van der Waals surface area contributed by atoms with Crippen molar-refractivity contribution < 1.29 is 13.2 Å². The third kappa shape index (κ3) is 4.67. The molecule has 0 unspecified atom stereocenters. The number of nitrogens with one attached hydrogen (secondary N) is 1. The molecule has 1 amide bonds. The van der Waals surface area contributed by atoms with E-state index in [1.54, 1.807) is 43.3 Å². The molecule has 0 saturated carbocycles. The summed E-state index contributed by atoms with van der Waals surface area (Å²) in [6.07, 6.45) is 0.632. The van der Waals surface area contributed by atoms with E-state index in [1.165, 1.54) is 8.61 Å². The summed E-state index contributed by atoms with van der Waals surface area (Å²) >= 11 is 12.2. The molecule has 0 spiro atoms. The summed E-state index contributed by atoms with van der Waals surface area (Å²) < 4.78 is 28.4. The number of carbonyl (C=O) groups excluding carboxylic acids is 1. The van der Waals surface area contributed by atoms with Gasteiger partial charge in [0.05, 0.1) is 6.54 Å². The van der Waals surface area contributed by atoms with Crippen LogP contribution in [0.3, 0.4) is 0 Å². The van der Waals surface area contributed by atoms with Gasteiger partial charge in [-0.1, -0.05) is 47.5 Å². The molecular weight excluding hydrogens is 421 g/mol. The Morgan fingerprint density at radius 3 is 2.46 bits per heavy atom. The van der Waals surface area contributed by atoms with Crippen LogP contribution in [0.25, 0.3) is 0 Å². The average Bonchev–Trinajstić information content (AvgIpc) is 2.64. The molecule has 1 heterocycles. The van der Waals surface area contributed by atoms with E-state index < -0.39 is 16.1 Å². The molecule has 2 aromatic carbocycles. The van der Waals surface area contributed by atoms with Crippen molar-refractivity contribution in [2.75, 3.05) is 25.0 Å². The van der Waals surface area contributed by atoms with Crippen molar-refractivity contribution in [1.29, 1.82) is 0 Å². The van der Waals surface area contributed by atoms with Crippen LogP contribution < -0.4 is 5.32 Å². The molecule has 0 aliphatic carbocycles.